The highest BCUT2D eigenvalue weighted by Crippen LogP contribution is 2.34. The van der Waals surface area contributed by atoms with Crippen LogP contribution in [0.25, 0.3) is 0 Å². The topological polar surface area (TPSA) is 51.8 Å². The van der Waals surface area contributed by atoms with E-state index >= 15 is 0 Å². The van der Waals surface area contributed by atoms with Gasteiger partial charge in [-0.2, -0.15) is 0 Å². The minimum Gasteiger partial charge on any atom is -0.325 e. The second-order valence-electron chi connectivity index (χ2n) is 4.38. The van der Waals surface area contributed by atoms with E-state index in [4.69, 9.17) is 5.73 Å². The molecule has 0 aromatic carbocycles. The van der Waals surface area contributed by atoms with Crippen molar-refractivity contribution in [2.24, 2.45) is 5.73 Å². The van der Waals surface area contributed by atoms with Gasteiger partial charge in [0.05, 0.1) is 5.69 Å². The van der Waals surface area contributed by atoms with Gasteiger partial charge >= 0.3 is 0 Å². The van der Waals surface area contributed by atoms with Crippen LogP contribution in [0.4, 0.5) is 0 Å². The lowest BCUT2D eigenvalue weighted by atomic mass is 9.88. The van der Waals surface area contributed by atoms with Crippen LogP contribution in [0.15, 0.2) is 24.4 Å². The van der Waals surface area contributed by atoms with Crippen LogP contribution in [-0.4, -0.2) is 9.97 Å². The molecule has 17 heavy (non-hydrogen) atoms. The summed E-state index contributed by atoms with van der Waals surface area (Å²) in [7, 11) is 0. The van der Waals surface area contributed by atoms with Crippen LogP contribution >= 0.6 is 11.3 Å². The zero-order valence-electron chi connectivity index (χ0n) is 9.60. The average Bonchev–Trinajstić information content (AvgIpc) is 2.81. The molecule has 0 aliphatic heterocycles. The van der Waals surface area contributed by atoms with Crippen LogP contribution in [0.1, 0.15) is 33.6 Å². The quantitative estimate of drug-likeness (QED) is 0.883. The van der Waals surface area contributed by atoms with E-state index in [2.05, 4.69) is 22.1 Å². The SMILES string of the molecule is NCc1nc2c(s1)CC(c1ccccn1)CC2. The molecule has 0 bridgehead atoms. The summed E-state index contributed by atoms with van der Waals surface area (Å²) in [6, 6.07) is 6.16. The minimum atomic E-state index is 0.551. The maximum Gasteiger partial charge on any atom is 0.107 e. The number of rotatable bonds is 2. The molecule has 1 aliphatic carbocycles. The number of pyridine rings is 1. The van der Waals surface area contributed by atoms with Gasteiger partial charge in [0.1, 0.15) is 5.01 Å². The molecule has 88 valence electrons. The maximum absolute atomic E-state index is 5.64. The van der Waals surface area contributed by atoms with Gasteiger partial charge in [-0.25, -0.2) is 4.98 Å². The third kappa shape index (κ3) is 2.10. The fourth-order valence-corrected chi connectivity index (χ4v) is 3.46. The first-order valence-electron chi connectivity index (χ1n) is 5.95. The fraction of sp³-hybridized carbons (Fsp3) is 0.385. The number of aryl methyl sites for hydroxylation is 1. The monoisotopic (exact) mass is 245 g/mol. The highest BCUT2D eigenvalue weighted by molar-refractivity contribution is 7.11. The summed E-state index contributed by atoms with van der Waals surface area (Å²) >= 11 is 1.77. The molecule has 2 aromatic heterocycles. The summed E-state index contributed by atoms with van der Waals surface area (Å²) < 4.78 is 0. The second kappa shape index (κ2) is 4.55. The van der Waals surface area contributed by atoms with Gasteiger partial charge in [0.25, 0.3) is 0 Å². The molecule has 4 heteroatoms. The van der Waals surface area contributed by atoms with Crippen molar-refractivity contribution in [2.45, 2.75) is 31.7 Å². The zero-order valence-corrected chi connectivity index (χ0v) is 10.4. The van der Waals surface area contributed by atoms with Gasteiger partial charge in [-0.05, 0) is 31.4 Å². The lowest BCUT2D eigenvalue weighted by Gasteiger charge is -2.20. The van der Waals surface area contributed by atoms with Crippen molar-refractivity contribution < 1.29 is 0 Å². The lowest BCUT2D eigenvalue weighted by molar-refractivity contribution is 0.570. The second-order valence-corrected chi connectivity index (χ2v) is 5.54. The van der Waals surface area contributed by atoms with Crippen molar-refractivity contribution in [3.63, 3.8) is 0 Å². The molecule has 0 saturated heterocycles. The van der Waals surface area contributed by atoms with Gasteiger partial charge in [0.15, 0.2) is 0 Å². The Kier molecular flexibility index (Phi) is 2.91. The molecule has 2 heterocycles. The van der Waals surface area contributed by atoms with Gasteiger partial charge in [0, 0.05) is 29.2 Å². The molecule has 0 radical (unpaired) electrons. The van der Waals surface area contributed by atoms with Crippen LogP contribution in [0.3, 0.4) is 0 Å². The molecule has 0 spiro atoms. The first kappa shape index (κ1) is 10.9. The Bertz CT molecular complexity index is 507. The highest BCUT2D eigenvalue weighted by atomic mass is 32.1. The molecular weight excluding hydrogens is 230 g/mol. The molecule has 0 fully saturated rings. The number of nitrogens with two attached hydrogens (primary N) is 1. The van der Waals surface area contributed by atoms with Crippen LogP contribution < -0.4 is 5.73 Å². The van der Waals surface area contributed by atoms with Crippen molar-refractivity contribution >= 4 is 11.3 Å². The molecule has 0 saturated carbocycles. The Morgan fingerprint density at radius 1 is 1.41 bits per heavy atom. The van der Waals surface area contributed by atoms with Crippen molar-refractivity contribution in [2.75, 3.05) is 0 Å². The van der Waals surface area contributed by atoms with Crippen molar-refractivity contribution in [1.29, 1.82) is 0 Å². The Morgan fingerprint density at radius 3 is 3.12 bits per heavy atom. The third-order valence-corrected chi connectivity index (χ3v) is 4.41. The zero-order chi connectivity index (χ0) is 11.7. The first-order chi connectivity index (χ1) is 8.36. The smallest absolute Gasteiger partial charge is 0.107 e. The Morgan fingerprint density at radius 2 is 2.35 bits per heavy atom. The molecule has 1 aliphatic rings. The van der Waals surface area contributed by atoms with Crippen LogP contribution in [-0.2, 0) is 19.4 Å². The van der Waals surface area contributed by atoms with Gasteiger partial charge in [0.2, 0.25) is 0 Å². The summed E-state index contributed by atoms with van der Waals surface area (Å²) in [6.45, 7) is 0.561. The molecule has 2 N–H and O–H groups in total. The number of thiazole rings is 1. The van der Waals surface area contributed by atoms with Crippen molar-refractivity contribution in [3.8, 4) is 0 Å². The Balaban J connectivity index is 1.85. The maximum atomic E-state index is 5.64. The van der Waals surface area contributed by atoms with E-state index in [1.54, 1.807) is 11.3 Å². The summed E-state index contributed by atoms with van der Waals surface area (Å²) in [5.74, 6) is 0.551. The van der Waals surface area contributed by atoms with E-state index < -0.39 is 0 Å². The molecule has 3 nitrogen and oxygen atoms in total. The predicted molar refractivity (Wildman–Crippen MR) is 69.0 cm³/mol. The highest BCUT2D eigenvalue weighted by Gasteiger charge is 2.23. The molecule has 0 amide bonds. The number of hydrogen-bond acceptors (Lipinski definition) is 4. The third-order valence-electron chi connectivity index (χ3n) is 3.26. The Hall–Kier alpha value is -1.26. The first-order valence-corrected chi connectivity index (χ1v) is 6.77. The molecule has 1 unspecified atom stereocenters. The fourth-order valence-electron chi connectivity index (χ4n) is 2.39. The van der Waals surface area contributed by atoms with Crippen molar-refractivity contribution in [1.82, 2.24) is 9.97 Å². The van der Waals surface area contributed by atoms with E-state index in [9.17, 15) is 0 Å². The van der Waals surface area contributed by atoms with Gasteiger partial charge < -0.3 is 5.73 Å². The number of aromatic nitrogens is 2. The van der Waals surface area contributed by atoms with Crippen LogP contribution in [0.2, 0.25) is 0 Å². The van der Waals surface area contributed by atoms with Crippen LogP contribution in [0.5, 0.6) is 0 Å². The number of fused-ring (bicyclic) bond motifs is 1. The van der Waals surface area contributed by atoms with Gasteiger partial charge in [-0.15, -0.1) is 11.3 Å². The Labute approximate surface area is 105 Å². The van der Waals surface area contributed by atoms with Gasteiger partial charge in [-0.3, -0.25) is 4.98 Å². The van der Waals surface area contributed by atoms with E-state index in [0.29, 0.717) is 12.5 Å². The molecular formula is C13H15N3S. The average molecular weight is 245 g/mol. The van der Waals surface area contributed by atoms with Gasteiger partial charge in [-0.1, -0.05) is 6.07 Å². The summed E-state index contributed by atoms with van der Waals surface area (Å²) in [5.41, 5.74) is 8.12. The van der Waals surface area contributed by atoms with E-state index in [-0.39, 0.29) is 0 Å². The summed E-state index contributed by atoms with van der Waals surface area (Å²) in [5, 5.41) is 1.07. The standard InChI is InChI=1S/C13H15N3S/c14-8-13-16-11-5-4-9(7-12(11)17-13)10-3-1-2-6-15-10/h1-3,6,9H,4-5,7-8,14H2. The van der Waals surface area contributed by atoms with E-state index in [1.165, 1.54) is 16.3 Å². The summed E-state index contributed by atoms with van der Waals surface area (Å²) in [4.78, 5) is 10.4. The molecule has 1 atom stereocenters. The number of hydrogen-bond donors (Lipinski definition) is 1. The normalized spacial score (nSPS) is 19.0. The largest absolute Gasteiger partial charge is 0.325 e. The lowest BCUT2D eigenvalue weighted by Crippen LogP contribution is -2.12. The van der Waals surface area contributed by atoms with Crippen molar-refractivity contribution in [3.05, 3.63) is 45.7 Å². The van der Waals surface area contributed by atoms with Crippen LogP contribution in [0, 0.1) is 0 Å². The predicted octanol–water partition coefficient (Wildman–Crippen LogP) is 2.27. The van der Waals surface area contributed by atoms with E-state index in [0.717, 1.165) is 24.3 Å². The molecule has 2 aromatic rings. The minimum absolute atomic E-state index is 0.551. The number of nitrogens with zero attached hydrogens (tertiary/aromatic N) is 2. The molecule has 3 rings (SSSR count). The van der Waals surface area contributed by atoms with E-state index in [1.807, 2.05) is 12.3 Å². The summed E-state index contributed by atoms with van der Waals surface area (Å²) in [6.07, 6.45) is 5.16.